The van der Waals surface area contributed by atoms with E-state index in [2.05, 4.69) is 13.8 Å². The van der Waals surface area contributed by atoms with Crippen LogP contribution in [0.15, 0.2) is 24.3 Å². The van der Waals surface area contributed by atoms with Crippen LogP contribution in [0, 0.1) is 11.8 Å². The smallest absolute Gasteiger partial charge is 0.222 e. The Hall–Kier alpha value is -1.06. The molecule has 4 heteroatoms. The number of hydrogen-bond donors (Lipinski definition) is 1. The van der Waals surface area contributed by atoms with E-state index in [0.29, 0.717) is 30.5 Å². The van der Waals surface area contributed by atoms with Crippen LogP contribution in [0.1, 0.15) is 32.3 Å². The SMILES string of the molecule is CC(C)CC(CN)CC(=O)N(C)Cc1cccc(Cl)c1. The molecule has 0 aromatic heterocycles. The van der Waals surface area contributed by atoms with Crippen LogP contribution in [0.5, 0.6) is 0 Å². The number of rotatable bonds is 7. The molecule has 0 saturated heterocycles. The van der Waals surface area contributed by atoms with Gasteiger partial charge in [-0.3, -0.25) is 4.79 Å². The van der Waals surface area contributed by atoms with E-state index >= 15 is 0 Å². The first kappa shape index (κ1) is 17.0. The van der Waals surface area contributed by atoms with E-state index in [-0.39, 0.29) is 11.8 Å². The molecular weight excluding hydrogens is 272 g/mol. The number of carbonyl (C=O) groups excluding carboxylic acids is 1. The van der Waals surface area contributed by atoms with Gasteiger partial charge < -0.3 is 10.6 Å². The lowest BCUT2D eigenvalue weighted by Gasteiger charge is -2.22. The summed E-state index contributed by atoms with van der Waals surface area (Å²) in [5.41, 5.74) is 6.80. The highest BCUT2D eigenvalue weighted by Crippen LogP contribution is 2.17. The highest BCUT2D eigenvalue weighted by molar-refractivity contribution is 6.30. The molecule has 3 nitrogen and oxygen atoms in total. The van der Waals surface area contributed by atoms with Crippen LogP contribution in [0.2, 0.25) is 5.02 Å². The normalized spacial score (nSPS) is 12.5. The largest absolute Gasteiger partial charge is 0.341 e. The average molecular weight is 297 g/mol. The van der Waals surface area contributed by atoms with Crippen molar-refractivity contribution >= 4 is 17.5 Å². The van der Waals surface area contributed by atoms with Crippen molar-refractivity contribution in [1.29, 1.82) is 0 Å². The third-order valence-electron chi connectivity index (χ3n) is 3.34. The van der Waals surface area contributed by atoms with Gasteiger partial charge in [0.25, 0.3) is 0 Å². The molecule has 1 atom stereocenters. The number of nitrogens with two attached hydrogens (primary N) is 1. The summed E-state index contributed by atoms with van der Waals surface area (Å²) in [4.78, 5) is 14.0. The maximum atomic E-state index is 12.2. The molecule has 2 N–H and O–H groups in total. The Morgan fingerprint density at radius 2 is 2.10 bits per heavy atom. The first-order valence-corrected chi connectivity index (χ1v) is 7.48. The van der Waals surface area contributed by atoms with E-state index in [4.69, 9.17) is 17.3 Å². The van der Waals surface area contributed by atoms with E-state index in [1.54, 1.807) is 4.90 Å². The van der Waals surface area contributed by atoms with Gasteiger partial charge in [0.2, 0.25) is 5.91 Å². The zero-order chi connectivity index (χ0) is 15.1. The fraction of sp³-hybridized carbons (Fsp3) is 0.562. The van der Waals surface area contributed by atoms with Crippen molar-refractivity contribution in [3.05, 3.63) is 34.9 Å². The van der Waals surface area contributed by atoms with Crippen molar-refractivity contribution in [2.24, 2.45) is 17.6 Å². The van der Waals surface area contributed by atoms with Gasteiger partial charge in [-0.05, 0) is 42.5 Å². The van der Waals surface area contributed by atoms with Crippen LogP contribution in [0.25, 0.3) is 0 Å². The van der Waals surface area contributed by atoms with Crippen LogP contribution >= 0.6 is 11.6 Å². The highest BCUT2D eigenvalue weighted by Gasteiger charge is 2.17. The summed E-state index contributed by atoms with van der Waals surface area (Å²) in [6.45, 7) is 5.46. The summed E-state index contributed by atoms with van der Waals surface area (Å²) in [5, 5.41) is 0.697. The van der Waals surface area contributed by atoms with E-state index in [0.717, 1.165) is 12.0 Å². The number of nitrogens with zero attached hydrogens (tertiary/aromatic N) is 1. The molecule has 0 bridgehead atoms. The van der Waals surface area contributed by atoms with E-state index in [9.17, 15) is 4.79 Å². The molecule has 1 rings (SSSR count). The Bertz CT molecular complexity index is 434. The van der Waals surface area contributed by atoms with E-state index < -0.39 is 0 Å². The molecule has 1 amide bonds. The standard InChI is InChI=1S/C16H25ClN2O/c1-12(2)7-14(10-18)9-16(20)19(3)11-13-5-4-6-15(17)8-13/h4-6,8,12,14H,7,9-11,18H2,1-3H3. The second-order valence-electron chi connectivity index (χ2n) is 5.82. The Balaban J connectivity index is 2.54. The van der Waals surface area contributed by atoms with Crippen LogP contribution in [0.4, 0.5) is 0 Å². The molecule has 0 radical (unpaired) electrons. The van der Waals surface area contributed by atoms with Gasteiger partial charge in [0.15, 0.2) is 0 Å². The minimum Gasteiger partial charge on any atom is -0.341 e. The third kappa shape index (κ3) is 5.93. The number of carbonyl (C=O) groups is 1. The summed E-state index contributed by atoms with van der Waals surface area (Å²) < 4.78 is 0. The number of benzene rings is 1. The zero-order valence-electron chi connectivity index (χ0n) is 12.6. The third-order valence-corrected chi connectivity index (χ3v) is 3.57. The molecule has 0 fully saturated rings. The second-order valence-corrected chi connectivity index (χ2v) is 6.25. The zero-order valence-corrected chi connectivity index (χ0v) is 13.4. The number of halogens is 1. The van der Waals surface area contributed by atoms with Crippen molar-refractivity contribution in [2.75, 3.05) is 13.6 Å². The second kappa shape index (κ2) is 8.28. The number of amides is 1. The molecule has 1 aromatic carbocycles. The molecule has 112 valence electrons. The predicted octanol–water partition coefficient (Wildman–Crippen LogP) is 3.31. The average Bonchev–Trinajstić information content (AvgIpc) is 2.37. The molecule has 1 unspecified atom stereocenters. The molecule has 0 aliphatic heterocycles. The summed E-state index contributed by atoms with van der Waals surface area (Å²) in [5.74, 6) is 0.972. The summed E-state index contributed by atoms with van der Waals surface area (Å²) >= 11 is 5.95. The molecule has 0 heterocycles. The topological polar surface area (TPSA) is 46.3 Å². The van der Waals surface area contributed by atoms with Gasteiger partial charge in [0.05, 0.1) is 0 Å². The monoisotopic (exact) mass is 296 g/mol. The maximum Gasteiger partial charge on any atom is 0.222 e. The minimum atomic E-state index is 0.140. The van der Waals surface area contributed by atoms with Gasteiger partial charge in [-0.15, -0.1) is 0 Å². The summed E-state index contributed by atoms with van der Waals surface area (Å²) in [6.07, 6.45) is 1.51. The quantitative estimate of drug-likeness (QED) is 0.839. The minimum absolute atomic E-state index is 0.140. The fourth-order valence-corrected chi connectivity index (χ4v) is 2.54. The van der Waals surface area contributed by atoms with Crippen molar-refractivity contribution < 1.29 is 4.79 Å². The Morgan fingerprint density at radius 1 is 1.40 bits per heavy atom. The molecule has 0 saturated carbocycles. The molecule has 20 heavy (non-hydrogen) atoms. The molecule has 0 aliphatic carbocycles. The van der Waals surface area contributed by atoms with Gasteiger partial charge in [-0.25, -0.2) is 0 Å². The van der Waals surface area contributed by atoms with E-state index in [1.165, 1.54) is 0 Å². The van der Waals surface area contributed by atoms with Crippen LogP contribution in [-0.4, -0.2) is 24.4 Å². The molecular formula is C16H25ClN2O. The lowest BCUT2D eigenvalue weighted by Crippen LogP contribution is -2.30. The van der Waals surface area contributed by atoms with E-state index in [1.807, 2.05) is 31.3 Å². The van der Waals surface area contributed by atoms with Gasteiger partial charge in [0, 0.05) is 25.0 Å². The van der Waals surface area contributed by atoms with Crippen LogP contribution in [0.3, 0.4) is 0 Å². The molecule has 1 aromatic rings. The Morgan fingerprint density at radius 3 is 2.65 bits per heavy atom. The van der Waals surface area contributed by atoms with Gasteiger partial charge in [-0.2, -0.15) is 0 Å². The Labute approximate surface area is 127 Å². The van der Waals surface area contributed by atoms with Crippen LogP contribution < -0.4 is 5.73 Å². The van der Waals surface area contributed by atoms with Gasteiger partial charge in [-0.1, -0.05) is 37.6 Å². The van der Waals surface area contributed by atoms with Gasteiger partial charge in [0.1, 0.15) is 0 Å². The molecule has 0 aliphatic rings. The number of hydrogen-bond acceptors (Lipinski definition) is 2. The first-order chi connectivity index (χ1) is 9.42. The Kier molecular flexibility index (Phi) is 7.03. The maximum absolute atomic E-state index is 12.2. The molecule has 0 spiro atoms. The lowest BCUT2D eigenvalue weighted by molar-refractivity contribution is -0.131. The van der Waals surface area contributed by atoms with Crippen molar-refractivity contribution in [2.45, 2.75) is 33.2 Å². The van der Waals surface area contributed by atoms with Crippen molar-refractivity contribution in [3.63, 3.8) is 0 Å². The lowest BCUT2D eigenvalue weighted by atomic mass is 9.94. The summed E-state index contributed by atoms with van der Waals surface area (Å²) in [6, 6.07) is 7.60. The highest BCUT2D eigenvalue weighted by atomic mass is 35.5. The summed E-state index contributed by atoms with van der Waals surface area (Å²) in [7, 11) is 1.83. The van der Waals surface area contributed by atoms with Crippen molar-refractivity contribution in [1.82, 2.24) is 4.90 Å². The first-order valence-electron chi connectivity index (χ1n) is 7.10. The van der Waals surface area contributed by atoms with Crippen molar-refractivity contribution in [3.8, 4) is 0 Å². The predicted molar refractivity (Wildman–Crippen MR) is 84.5 cm³/mol. The van der Waals surface area contributed by atoms with Crippen LogP contribution in [-0.2, 0) is 11.3 Å². The van der Waals surface area contributed by atoms with Gasteiger partial charge >= 0.3 is 0 Å². The fourth-order valence-electron chi connectivity index (χ4n) is 2.33.